The first kappa shape index (κ1) is 10.5. The number of amides is 1. The molecular weight excluding hydrogens is 208 g/mol. The third-order valence-corrected chi connectivity index (χ3v) is 2.04. The van der Waals surface area contributed by atoms with E-state index in [-0.39, 0.29) is 16.3 Å². The van der Waals surface area contributed by atoms with Gasteiger partial charge in [-0.1, -0.05) is 17.7 Å². The lowest BCUT2D eigenvalue weighted by molar-refractivity contribution is -0.384. The number of halogens is 1. The second-order valence-corrected chi connectivity index (χ2v) is 2.85. The van der Waals surface area contributed by atoms with E-state index >= 15 is 0 Å². The molecule has 0 aliphatic heterocycles. The summed E-state index contributed by atoms with van der Waals surface area (Å²) in [5.74, 6) is -0.446. The van der Waals surface area contributed by atoms with Crippen LogP contribution in [-0.4, -0.2) is 17.9 Å². The second kappa shape index (κ2) is 4.06. The minimum absolute atomic E-state index is 0.100. The molecular formula is C8H7ClN2O3. The zero-order chi connectivity index (χ0) is 10.7. The molecule has 0 fully saturated rings. The van der Waals surface area contributed by atoms with Gasteiger partial charge in [-0.05, 0) is 6.07 Å². The van der Waals surface area contributed by atoms with Gasteiger partial charge in [0.25, 0.3) is 11.6 Å². The Morgan fingerprint density at radius 3 is 2.71 bits per heavy atom. The highest BCUT2D eigenvalue weighted by molar-refractivity contribution is 6.35. The predicted octanol–water partition coefficient (Wildman–Crippen LogP) is 1.61. The van der Waals surface area contributed by atoms with E-state index in [1.807, 2.05) is 0 Å². The Morgan fingerprint density at radius 2 is 2.21 bits per heavy atom. The highest BCUT2D eigenvalue weighted by Gasteiger charge is 2.18. The van der Waals surface area contributed by atoms with Crippen LogP contribution in [0.4, 0.5) is 5.69 Å². The van der Waals surface area contributed by atoms with Crippen LogP contribution in [0.25, 0.3) is 0 Å². The van der Waals surface area contributed by atoms with Crippen LogP contribution in [0.2, 0.25) is 5.02 Å². The molecule has 0 saturated heterocycles. The number of carbonyl (C=O) groups excluding carboxylic acids is 1. The van der Waals surface area contributed by atoms with Crippen molar-refractivity contribution in [3.05, 3.63) is 38.9 Å². The maximum absolute atomic E-state index is 11.2. The summed E-state index contributed by atoms with van der Waals surface area (Å²) in [5.41, 5.74) is -0.170. The number of benzene rings is 1. The largest absolute Gasteiger partial charge is 0.355 e. The Kier molecular flexibility index (Phi) is 3.03. The van der Waals surface area contributed by atoms with Crippen LogP contribution in [-0.2, 0) is 0 Å². The van der Waals surface area contributed by atoms with Crippen molar-refractivity contribution in [2.75, 3.05) is 7.05 Å². The first-order chi connectivity index (χ1) is 6.57. The van der Waals surface area contributed by atoms with Crippen molar-refractivity contribution in [1.29, 1.82) is 0 Å². The van der Waals surface area contributed by atoms with E-state index in [4.69, 9.17) is 11.6 Å². The fourth-order valence-corrected chi connectivity index (χ4v) is 1.25. The van der Waals surface area contributed by atoms with Crippen molar-refractivity contribution in [3.63, 3.8) is 0 Å². The Balaban J connectivity index is 3.27. The van der Waals surface area contributed by atoms with E-state index < -0.39 is 10.8 Å². The first-order valence-electron chi connectivity index (χ1n) is 3.73. The van der Waals surface area contributed by atoms with E-state index in [1.165, 1.54) is 25.2 Å². The molecule has 1 aromatic rings. The third-order valence-electron chi connectivity index (χ3n) is 1.65. The lowest BCUT2D eigenvalue weighted by Gasteiger charge is -2.02. The SMILES string of the molecule is CNC(=O)c1cccc([N+](=O)[O-])c1Cl. The molecule has 0 bridgehead atoms. The number of hydrogen-bond donors (Lipinski definition) is 1. The van der Waals surface area contributed by atoms with Crippen molar-refractivity contribution in [3.8, 4) is 0 Å². The highest BCUT2D eigenvalue weighted by atomic mass is 35.5. The summed E-state index contributed by atoms with van der Waals surface area (Å²) < 4.78 is 0. The van der Waals surface area contributed by atoms with Crippen LogP contribution in [0, 0.1) is 10.1 Å². The molecule has 0 aliphatic carbocycles. The maximum atomic E-state index is 11.2. The fraction of sp³-hybridized carbons (Fsp3) is 0.125. The van der Waals surface area contributed by atoms with Gasteiger partial charge in [0, 0.05) is 13.1 Å². The summed E-state index contributed by atoms with van der Waals surface area (Å²) >= 11 is 5.67. The third kappa shape index (κ3) is 1.82. The van der Waals surface area contributed by atoms with Gasteiger partial charge in [-0.15, -0.1) is 0 Å². The molecule has 1 rings (SSSR count). The normalized spacial score (nSPS) is 9.57. The number of nitro benzene ring substituents is 1. The molecule has 0 unspecified atom stereocenters. The summed E-state index contributed by atoms with van der Waals surface area (Å²) in [6.45, 7) is 0. The van der Waals surface area contributed by atoms with Crippen LogP contribution >= 0.6 is 11.6 Å². The molecule has 1 N–H and O–H groups in total. The maximum Gasteiger partial charge on any atom is 0.288 e. The topological polar surface area (TPSA) is 72.2 Å². The number of nitro groups is 1. The second-order valence-electron chi connectivity index (χ2n) is 2.47. The van der Waals surface area contributed by atoms with E-state index in [2.05, 4.69) is 5.32 Å². The number of hydrogen-bond acceptors (Lipinski definition) is 3. The highest BCUT2D eigenvalue weighted by Crippen LogP contribution is 2.27. The van der Waals surface area contributed by atoms with Gasteiger partial charge in [0.15, 0.2) is 0 Å². The fourth-order valence-electron chi connectivity index (χ4n) is 0.971. The van der Waals surface area contributed by atoms with Gasteiger partial charge < -0.3 is 5.32 Å². The minimum Gasteiger partial charge on any atom is -0.355 e. The number of carbonyl (C=O) groups is 1. The van der Waals surface area contributed by atoms with E-state index in [1.54, 1.807) is 0 Å². The van der Waals surface area contributed by atoms with Crippen LogP contribution in [0.3, 0.4) is 0 Å². The van der Waals surface area contributed by atoms with Crippen LogP contribution in [0.1, 0.15) is 10.4 Å². The van der Waals surface area contributed by atoms with E-state index in [0.29, 0.717) is 0 Å². The lowest BCUT2D eigenvalue weighted by atomic mass is 10.2. The molecule has 1 aromatic carbocycles. The predicted molar refractivity (Wildman–Crippen MR) is 51.5 cm³/mol. The van der Waals surface area contributed by atoms with Gasteiger partial charge in [0.05, 0.1) is 10.5 Å². The smallest absolute Gasteiger partial charge is 0.288 e. The van der Waals surface area contributed by atoms with Gasteiger partial charge in [0.2, 0.25) is 0 Å². The van der Waals surface area contributed by atoms with Gasteiger partial charge in [-0.2, -0.15) is 0 Å². The number of nitrogens with one attached hydrogen (secondary N) is 1. The Bertz CT molecular complexity index is 392. The molecule has 1 amide bonds. The van der Waals surface area contributed by atoms with E-state index in [0.717, 1.165) is 0 Å². The molecule has 0 aromatic heterocycles. The van der Waals surface area contributed by atoms with Crippen LogP contribution in [0.5, 0.6) is 0 Å². The Labute approximate surface area is 84.8 Å². The monoisotopic (exact) mass is 214 g/mol. The van der Waals surface area contributed by atoms with Gasteiger partial charge >= 0.3 is 0 Å². The summed E-state index contributed by atoms with van der Waals surface area (Å²) in [4.78, 5) is 21.0. The average molecular weight is 215 g/mol. The van der Waals surface area contributed by atoms with Gasteiger partial charge in [0.1, 0.15) is 5.02 Å². The molecule has 0 saturated carbocycles. The van der Waals surface area contributed by atoms with Crippen molar-refractivity contribution in [2.45, 2.75) is 0 Å². The quantitative estimate of drug-likeness (QED) is 0.601. The molecule has 0 radical (unpaired) electrons. The van der Waals surface area contributed by atoms with E-state index in [9.17, 15) is 14.9 Å². The Hall–Kier alpha value is -1.62. The molecule has 0 aliphatic rings. The van der Waals surface area contributed by atoms with Crippen LogP contribution < -0.4 is 5.32 Å². The molecule has 0 spiro atoms. The Morgan fingerprint density at radius 1 is 1.57 bits per heavy atom. The van der Waals surface area contributed by atoms with Crippen molar-refractivity contribution < 1.29 is 9.72 Å². The summed E-state index contributed by atoms with van der Waals surface area (Å²) in [6.07, 6.45) is 0. The lowest BCUT2D eigenvalue weighted by Crippen LogP contribution is -2.18. The van der Waals surface area contributed by atoms with Gasteiger partial charge in [-0.3, -0.25) is 14.9 Å². The van der Waals surface area contributed by atoms with Crippen LogP contribution in [0.15, 0.2) is 18.2 Å². The standard InChI is InChI=1S/C8H7ClN2O3/c1-10-8(12)5-3-2-4-6(7(5)9)11(13)14/h2-4H,1H3,(H,10,12). The van der Waals surface area contributed by atoms with Crippen molar-refractivity contribution in [1.82, 2.24) is 5.32 Å². The molecule has 0 heterocycles. The summed E-state index contributed by atoms with van der Waals surface area (Å²) in [7, 11) is 1.43. The molecule has 6 heteroatoms. The molecule has 74 valence electrons. The number of nitrogens with zero attached hydrogens (tertiary/aromatic N) is 1. The zero-order valence-electron chi connectivity index (χ0n) is 7.28. The van der Waals surface area contributed by atoms with Crippen molar-refractivity contribution in [2.24, 2.45) is 0 Å². The first-order valence-corrected chi connectivity index (χ1v) is 4.10. The van der Waals surface area contributed by atoms with Crippen molar-refractivity contribution >= 4 is 23.2 Å². The molecule has 0 atom stereocenters. The molecule has 14 heavy (non-hydrogen) atoms. The average Bonchev–Trinajstić information content (AvgIpc) is 2.16. The minimum atomic E-state index is -0.630. The summed E-state index contributed by atoms with van der Waals surface area (Å²) in [5, 5.41) is 12.7. The number of rotatable bonds is 2. The molecule has 5 nitrogen and oxygen atoms in total. The van der Waals surface area contributed by atoms with Gasteiger partial charge in [-0.25, -0.2) is 0 Å². The zero-order valence-corrected chi connectivity index (χ0v) is 8.04. The summed E-state index contributed by atoms with van der Waals surface area (Å²) in [6, 6.07) is 4.08.